The predicted molar refractivity (Wildman–Crippen MR) is 72.8 cm³/mol. The van der Waals surface area contributed by atoms with E-state index in [9.17, 15) is 14.7 Å². The van der Waals surface area contributed by atoms with Crippen LogP contribution in [0.15, 0.2) is 30.3 Å². The van der Waals surface area contributed by atoms with Crippen molar-refractivity contribution in [2.24, 2.45) is 5.92 Å². The molecule has 0 aliphatic rings. The highest BCUT2D eigenvalue weighted by Crippen LogP contribution is 2.23. The molecule has 1 aromatic rings. The summed E-state index contributed by atoms with van der Waals surface area (Å²) in [6, 6.07) is 8.85. The maximum Gasteiger partial charge on any atom is 0.320 e. The second-order valence-electron chi connectivity index (χ2n) is 4.22. The van der Waals surface area contributed by atoms with Crippen molar-refractivity contribution in [3.63, 3.8) is 0 Å². The van der Waals surface area contributed by atoms with E-state index < -0.39 is 24.0 Å². The summed E-state index contributed by atoms with van der Waals surface area (Å²) in [5.74, 6) is -2.44. The van der Waals surface area contributed by atoms with Gasteiger partial charge in [-0.1, -0.05) is 30.3 Å². The average Bonchev–Trinajstić information content (AvgIpc) is 2.45. The molecule has 0 radical (unpaired) electrons. The molecule has 0 amide bonds. The molecule has 0 saturated heterocycles. The van der Waals surface area contributed by atoms with Gasteiger partial charge < -0.3 is 14.6 Å². The second kappa shape index (κ2) is 8.32. The third-order valence-corrected chi connectivity index (χ3v) is 2.79. The Hall–Kier alpha value is -1.88. The third-order valence-electron chi connectivity index (χ3n) is 2.79. The summed E-state index contributed by atoms with van der Waals surface area (Å²) in [6.45, 7) is 3.67. The summed E-state index contributed by atoms with van der Waals surface area (Å²) in [4.78, 5) is 23.6. The lowest BCUT2D eigenvalue weighted by Crippen LogP contribution is -2.29. The van der Waals surface area contributed by atoms with E-state index in [0.29, 0.717) is 5.56 Å². The maximum atomic E-state index is 11.8. The van der Waals surface area contributed by atoms with Crippen LogP contribution in [0, 0.1) is 5.92 Å². The van der Waals surface area contributed by atoms with Crippen LogP contribution in [-0.2, 0) is 19.1 Å². The smallest absolute Gasteiger partial charge is 0.320 e. The van der Waals surface area contributed by atoms with Gasteiger partial charge in [-0.3, -0.25) is 9.59 Å². The van der Waals surface area contributed by atoms with E-state index in [1.165, 1.54) is 0 Å². The molecule has 0 aliphatic carbocycles. The molecule has 1 N–H and O–H groups in total. The molecule has 5 heteroatoms. The van der Waals surface area contributed by atoms with Crippen molar-refractivity contribution >= 4 is 11.9 Å². The highest BCUT2D eigenvalue weighted by molar-refractivity contribution is 5.94. The summed E-state index contributed by atoms with van der Waals surface area (Å²) in [6.07, 6.45) is -0.975. The Bertz CT molecular complexity index is 411. The van der Waals surface area contributed by atoms with Crippen LogP contribution in [0.1, 0.15) is 31.9 Å². The van der Waals surface area contributed by atoms with Gasteiger partial charge in [0.1, 0.15) is 0 Å². The summed E-state index contributed by atoms with van der Waals surface area (Å²) in [5.41, 5.74) is 0.645. The maximum absolute atomic E-state index is 11.8. The minimum atomic E-state index is -1.11. The Morgan fingerprint density at radius 3 is 2.00 bits per heavy atom. The number of ether oxygens (including phenoxy) is 2. The van der Waals surface area contributed by atoms with E-state index in [1.807, 2.05) is 6.07 Å². The number of hydrogen-bond donors (Lipinski definition) is 1. The fourth-order valence-corrected chi connectivity index (χ4v) is 1.81. The second-order valence-corrected chi connectivity index (χ2v) is 4.22. The van der Waals surface area contributed by atoms with E-state index in [1.54, 1.807) is 38.1 Å². The molecule has 1 aromatic carbocycles. The number of carbonyl (C=O) groups excluding carboxylic acids is 2. The normalized spacial score (nSPS) is 12.0. The topological polar surface area (TPSA) is 72.8 Å². The Kier molecular flexibility index (Phi) is 6.73. The highest BCUT2D eigenvalue weighted by Gasteiger charge is 2.32. The molecule has 110 valence electrons. The molecule has 0 bridgehead atoms. The van der Waals surface area contributed by atoms with Crippen LogP contribution in [0.5, 0.6) is 0 Å². The first kappa shape index (κ1) is 16.2. The first-order valence-corrected chi connectivity index (χ1v) is 6.66. The van der Waals surface area contributed by atoms with Gasteiger partial charge in [-0.15, -0.1) is 0 Å². The number of aliphatic hydroxyl groups excluding tert-OH is 1. The summed E-state index contributed by atoms with van der Waals surface area (Å²) in [7, 11) is 0. The zero-order chi connectivity index (χ0) is 15.0. The van der Waals surface area contributed by atoms with Gasteiger partial charge in [0.05, 0.1) is 19.3 Å². The molecule has 0 heterocycles. The summed E-state index contributed by atoms with van der Waals surface area (Å²) >= 11 is 0. The van der Waals surface area contributed by atoms with Gasteiger partial charge in [0, 0.05) is 6.42 Å². The lowest BCUT2D eigenvalue weighted by Gasteiger charge is -2.18. The predicted octanol–water partition coefficient (Wildman–Crippen LogP) is 1.85. The van der Waals surface area contributed by atoms with Gasteiger partial charge in [-0.2, -0.15) is 0 Å². The minimum Gasteiger partial charge on any atom is -0.465 e. The molecule has 1 atom stereocenters. The minimum absolute atomic E-state index is 0.0539. The summed E-state index contributed by atoms with van der Waals surface area (Å²) in [5, 5.41) is 10.1. The third kappa shape index (κ3) is 4.66. The van der Waals surface area contributed by atoms with Gasteiger partial charge in [-0.05, 0) is 19.4 Å². The average molecular weight is 280 g/mol. The van der Waals surface area contributed by atoms with Crippen LogP contribution in [0.3, 0.4) is 0 Å². The van der Waals surface area contributed by atoms with E-state index in [4.69, 9.17) is 9.47 Å². The number of carbonyl (C=O) groups is 2. The molecular weight excluding hydrogens is 260 g/mol. The zero-order valence-corrected chi connectivity index (χ0v) is 11.7. The van der Waals surface area contributed by atoms with Crippen molar-refractivity contribution in [3.05, 3.63) is 35.9 Å². The zero-order valence-electron chi connectivity index (χ0n) is 11.7. The molecule has 5 nitrogen and oxygen atoms in total. The lowest BCUT2D eigenvalue weighted by atomic mass is 9.97. The first-order chi connectivity index (χ1) is 9.60. The van der Waals surface area contributed by atoms with Crippen molar-refractivity contribution < 1.29 is 24.2 Å². The van der Waals surface area contributed by atoms with Gasteiger partial charge in [0.2, 0.25) is 0 Å². The molecule has 1 unspecified atom stereocenters. The van der Waals surface area contributed by atoms with Crippen LogP contribution in [0.25, 0.3) is 0 Å². The van der Waals surface area contributed by atoms with Crippen LogP contribution in [0.4, 0.5) is 0 Å². The van der Waals surface area contributed by atoms with Crippen LogP contribution >= 0.6 is 0 Å². The number of esters is 2. The quantitative estimate of drug-likeness (QED) is 0.609. The number of benzene rings is 1. The fraction of sp³-hybridized carbons (Fsp3) is 0.467. The van der Waals surface area contributed by atoms with E-state index in [0.717, 1.165) is 0 Å². The SMILES string of the molecule is CCOC(=O)C(CC(O)c1ccccc1)C(=O)OCC. The van der Waals surface area contributed by atoms with E-state index >= 15 is 0 Å². The molecular formula is C15H20O5. The van der Waals surface area contributed by atoms with Crippen molar-refractivity contribution in [3.8, 4) is 0 Å². The molecule has 0 fully saturated rings. The van der Waals surface area contributed by atoms with Crippen molar-refractivity contribution in [1.82, 2.24) is 0 Å². The van der Waals surface area contributed by atoms with Crippen molar-refractivity contribution in [1.29, 1.82) is 0 Å². The Labute approximate surface area is 118 Å². The monoisotopic (exact) mass is 280 g/mol. The van der Waals surface area contributed by atoms with Crippen molar-refractivity contribution in [2.45, 2.75) is 26.4 Å². The number of aliphatic hydroxyl groups is 1. The van der Waals surface area contributed by atoms with E-state index in [-0.39, 0.29) is 19.6 Å². The van der Waals surface area contributed by atoms with Gasteiger partial charge >= 0.3 is 11.9 Å². The van der Waals surface area contributed by atoms with Gasteiger partial charge in [0.25, 0.3) is 0 Å². The highest BCUT2D eigenvalue weighted by atomic mass is 16.6. The van der Waals surface area contributed by atoms with E-state index in [2.05, 4.69) is 0 Å². The Morgan fingerprint density at radius 1 is 1.05 bits per heavy atom. The molecule has 0 aromatic heterocycles. The van der Waals surface area contributed by atoms with Gasteiger partial charge in [0.15, 0.2) is 5.92 Å². The molecule has 0 spiro atoms. The molecule has 20 heavy (non-hydrogen) atoms. The summed E-state index contributed by atoms with van der Waals surface area (Å²) < 4.78 is 9.71. The Morgan fingerprint density at radius 2 is 1.55 bits per heavy atom. The Balaban J connectivity index is 2.78. The van der Waals surface area contributed by atoms with Crippen molar-refractivity contribution in [2.75, 3.05) is 13.2 Å². The van der Waals surface area contributed by atoms with Crippen LogP contribution in [0.2, 0.25) is 0 Å². The van der Waals surface area contributed by atoms with Gasteiger partial charge in [-0.25, -0.2) is 0 Å². The largest absolute Gasteiger partial charge is 0.465 e. The molecule has 0 saturated carbocycles. The fourth-order valence-electron chi connectivity index (χ4n) is 1.81. The number of hydrogen-bond acceptors (Lipinski definition) is 5. The van der Waals surface area contributed by atoms with Crippen LogP contribution < -0.4 is 0 Å². The molecule has 1 rings (SSSR count). The molecule has 0 aliphatic heterocycles. The number of rotatable bonds is 7. The standard InChI is InChI=1S/C15H20O5/c1-3-19-14(17)12(15(18)20-4-2)10-13(16)11-8-6-5-7-9-11/h5-9,12-13,16H,3-4,10H2,1-2H3. The lowest BCUT2D eigenvalue weighted by molar-refractivity contribution is -0.163. The first-order valence-electron chi connectivity index (χ1n) is 6.66. The van der Waals surface area contributed by atoms with Crippen LogP contribution in [-0.4, -0.2) is 30.3 Å².